The summed E-state index contributed by atoms with van der Waals surface area (Å²) in [5, 5.41) is 8.93. The summed E-state index contributed by atoms with van der Waals surface area (Å²) in [6, 6.07) is 12.6. The number of nitrogens with zero attached hydrogens (tertiary/aromatic N) is 1. The molecule has 0 aliphatic carbocycles. The van der Waals surface area contributed by atoms with Gasteiger partial charge < -0.3 is 19.3 Å². The zero-order valence-corrected chi connectivity index (χ0v) is 17.2. The van der Waals surface area contributed by atoms with Gasteiger partial charge in [-0.15, -0.1) is 0 Å². The first-order chi connectivity index (χ1) is 12.3. The lowest BCUT2D eigenvalue weighted by Crippen LogP contribution is -2.22. The van der Waals surface area contributed by atoms with Crippen molar-refractivity contribution >= 4 is 33.1 Å². The molecule has 0 saturated carbocycles. The van der Waals surface area contributed by atoms with E-state index in [9.17, 15) is 9.35 Å². The molecule has 0 heterocycles. The van der Waals surface area contributed by atoms with E-state index in [2.05, 4.69) is 15.9 Å². The van der Waals surface area contributed by atoms with Crippen LogP contribution < -0.4 is 4.74 Å². The molecular weight excluding hydrogens is 418 g/mol. The predicted octanol–water partition coefficient (Wildman–Crippen LogP) is 3.68. The van der Waals surface area contributed by atoms with Crippen LogP contribution in [0.1, 0.15) is 11.1 Å². The fourth-order valence-corrected chi connectivity index (χ4v) is 4.01. The van der Waals surface area contributed by atoms with E-state index in [1.165, 1.54) is 0 Å². The highest BCUT2D eigenvalue weighted by atomic mass is 79.9. The minimum atomic E-state index is -1.00. The predicted molar refractivity (Wildman–Crippen MR) is 107 cm³/mol. The van der Waals surface area contributed by atoms with E-state index in [1.807, 2.05) is 37.2 Å². The molecule has 2 rings (SSSR count). The molecule has 2 aromatic rings. The molecule has 0 aliphatic rings. The van der Waals surface area contributed by atoms with Gasteiger partial charge in [0.15, 0.2) is 0 Å². The van der Waals surface area contributed by atoms with Crippen molar-refractivity contribution in [2.75, 3.05) is 26.4 Å². The van der Waals surface area contributed by atoms with Crippen molar-refractivity contribution in [3.8, 4) is 11.5 Å². The zero-order chi connectivity index (χ0) is 19.1. The van der Waals surface area contributed by atoms with E-state index >= 15 is 0 Å². The number of hydrogen-bond donors (Lipinski definition) is 1. The fourth-order valence-electron chi connectivity index (χ4n) is 2.31. The van der Waals surface area contributed by atoms with Gasteiger partial charge in [0.2, 0.25) is 0 Å². The van der Waals surface area contributed by atoms with Gasteiger partial charge in [0.05, 0.1) is 6.42 Å². The highest BCUT2D eigenvalue weighted by molar-refractivity contribution is 9.10. The van der Waals surface area contributed by atoms with E-state index in [4.69, 9.17) is 9.84 Å². The fraction of sp³-hybridized carbons (Fsp3) is 0.316. The van der Waals surface area contributed by atoms with Crippen LogP contribution in [0.5, 0.6) is 11.5 Å². The third-order valence-electron chi connectivity index (χ3n) is 3.59. The molecule has 1 unspecified atom stereocenters. The maximum atomic E-state index is 12.4. The molecule has 140 valence electrons. The smallest absolute Gasteiger partial charge is 0.307 e. The summed E-state index contributed by atoms with van der Waals surface area (Å²) in [5.41, 5.74) is 1.52. The standard InChI is InChI=1S/C19H22BrNO4S/c1-21(2)8-9-26(24)13-15-12-16(20)6-7-18(15)25-17-5-3-4-14(10-17)11-19(22)23/h3-7,10,12H,8-9,11,13H2,1-2H3,(H,22,23). The maximum absolute atomic E-state index is 12.4. The number of ether oxygens (including phenoxy) is 1. The summed E-state index contributed by atoms with van der Waals surface area (Å²) in [7, 11) is 3.91. The lowest BCUT2D eigenvalue weighted by Gasteiger charge is -2.17. The summed E-state index contributed by atoms with van der Waals surface area (Å²) in [4.78, 5) is 12.9. The Bertz CT molecular complexity index is 754. The molecule has 0 aromatic heterocycles. The van der Waals surface area contributed by atoms with Crippen LogP contribution in [0.4, 0.5) is 0 Å². The van der Waals surface area contributed by atoms with Gasteiger partial charge in [0.25, 0.3) is 0 Å². The molecule has 26 heavy (non-hydrogen) atoms. The number of carboxylic acids is 1. The third kappa shape index (κ3) is 6.99. The second-order valence-electron chi connectivity index (χ2n) is 6.16. The van der Waals surface area contributed by atoms with Crippen LogP contribution in [0.25, 0.3) is 0 Å². The highest BCUT2D eigenvalue weighted by Crippen LogP contribution is 2.30. The zero-order valence-electron chi connectivity index (χ0n) is 14.8. The molecule has 2 aromatic carbocycles. The van der Waals surface area contributed by atoms with Crippen molar-refractivity contribution in [1.29, 1.82) is 0 Å². The largest absolute Gasteiger partial charge is 0.616 e. The summed E-state index contributed by atoms with van der Waals surface area (Å²) >= 11 is 2.44. The molecule has 0 fully saturated rings. The first kappa shape index (κ1) is 20.8. The van der Waals surface area contributed by atoms with Gasteiger partial charge in [-0.3, -0.25) is 4.79 Å². The van der Waals surface area contributed by atoms with Crippen LogP contribution in [0.2, 0.25) is 0 Å². The molecule has 0 spiro atoms. The van der Waals surface area contributed by atoms with Crippen LogP contribution in [0.15, 0.2) is 46.9 Å². The van der Waals surface area contributed by atoms with Gasteiger partial charge in [-0.1, -0.05) is 28.1 Å². The van der Waals surface area contributed by atoms with E-state index in [0.29, 0.717) is 28.6 Å². The van der Waals surface area contributed by atoms with Gasteiger partial charge >= 0.3 is 5.97 Å². The molecule has 0 aliphatic heterocycles. The summed E-state index contributed by atoms with van der Waals surface area (Å²) in [5.74, 6) is 1.29. The molecule has 5 nitrogen and oxygen atoms in total. The summed E-state index contributed by atoms with van der Waals surface area (Å²) in [6.07, 6.45) is -0.0566. The SMILES string of the molecule is CN(C)CC[S+]([O-])Cc1cc(Br)ccc1Oc1cccc(CC(=O)O)c1. The van der Waals surface area contributed by atoms with Gasteiger partial charge in [0, 0.05) is 16.6 Å². The van der Waals surface area contributed by atoms with E-state index in [0.717, 1.165) is 16.6 Å². The number of carbonyl (C=O) groups is 1. The molecule has 0 saturated heterocycles. The van der Waals surface area contributed by atoms with Crippen LogP contribution in [-0.2, 0) is 28.1 Å². The van der Waals surface area contributed by atoms with Gasteiger partial charge in [-0.25, -0.2) is 0 Å². The lowest BCUT2D eigenvalue weighted by molar-refractivity contribution is -0.136. The number of carboxylic acid groups (broad SMARTS) is 1. The van der Waals surface area contributed by atoms with Crippen molar-refractivity contribution in [3.05, 3.63) is 58.1 Å². The van der Waals surface area contributed by atoms with Gasteiger partial charge in [-0.05, 0) is 61.2 Å². The number of aliphatic carboxylic acids is 1. The quantitative estimate of drug-likeness (QED) is 0.603. The van der Waals surface area contributed by atoms with Crippen LogP contribution in [0, 0.1) is 0 Å². The summed E-state index contributed by atoms with van der Waals surface area (Å²) in [6.45, 7) is 0.758. The monoisotopic (exact) mass is 439 g/mol. The van der Waals surface area contributed by atoms with Gasteiger partial charge in [0.1, 0.15) is 23.0 Å². The first-order valence-electron chi connectivity index (χ1n) is 8.10. The average molecular weight is 440 g/mol. The molecule has 0 radical (unpaired) electrons. The third-order valence-corrected chi connectivity index (χ3v) is 5.35. The molecule has 0 amide bonds. The lowest BCUT2D eigenvalue weighted by atomic mass is 10.1. The Morgan fingerprint density at radius 1 is 1.27 bits per heavy atom. The minimum absolute atomic E-state index is 0.0566. The van der Waals surface area contributed by atoms with Crippen molar-refractivity contribution in [1.82, 2.24) is 4.90 Å². The maximum Gasteiger partial charge on any atom is 0.307 e. The second-order valence-corrected chi connectivity index (χ2v) is 8.66. The topological polar surface area (TPSA) is 72.8 Å². The van der Waals surface area contributed by atoms with Gasteiger partial charge in [-0.2, -0.15) is 0 Å². The highest BCUT2D eigenvalue weighted by Gasteiger charge is 2.14. The minimum Gasteiger partial charge on any atom is -0.616 e. The normalized spacial score (nSPS) is 12.2. The Morgan fingerprint density at radius 2 is 2.04 bits per heavy atom. The van der Waals surface area contributed by atoms with Crippen molar-refractivity contribution in [2.24, 2.45) is 0 Å². The Kier molecular flexibility index (Phi) is 7.96. The summed E-state index contributed by atoms with van der Waals surface area (Å²) < 4.78 is 19.2. The van der Waals surface area contributed by atoms with Crippen LogP contribution in [0.3, 0.4) is 0 Å². The Morgan fingerprint density at radius 3 is 2.73 bits per heavy atom. The molecule has 1 N–H and O–H groups in total. The molecular formula is C19H22BrNO4S. The van der Waals surface area contributed by atoms with Crippen molar-refractivity contribution < 1.29 is 19.2 Å². The first-order valence-corrected chi connectivity index (χ1v) is 10.4. The Balaban J connectivity index is 2.15. The Hall–Kier alpha value is -1.54. The van der Waals surface area contributed by atoms with Crippen LogP contribution >= 0.6 is 15.9 Å². The van der Waals surface area contributed by atoms with Crippen LogP contribution in [-0.4, -0.2) is 46.9 Å². The second kappa shape index (κ2) is 9.97. The molecule has 0 bridgehead atoms. The molecule has 7 heteroatoms. The van der Waals surface area contributed by atoms with E-state index in [1.54, 1.807) is 24.3 Å². The van der Waals surface area contributed by atoms with Crippen molar-refractivity contribution in [3.63, 3.8) is 0 Å². The van der Waals surface area contributed by atoms with E-state index in [-0.39, 0.29) is 6.42 Å². The number of halogens is 1. The number of benzene rings is 2. The Labute approximate surface area is 165 Å². The number of hydrogen-bond acceptors (Lipinski definition) is 4. The van der Waals surface area contributed by atoms with Crippen molar-refractivity contribution in [2.45, 2.75) is 12.2 Å². The number of rotatable bonds is 9. The molecule has 1 atom stereocenters. The van der Waals surface area contributed by atoms with E-state index < -0.39 is 17.1 Å². The average Bonchev–Trinajstić information content (AvgIpc) is 2.55.